The number of amides is 1. The highest BCUT2D eigenvalue weighted by molar-refractivity contribution is 5.94. The van der Waals surface area contributed by atoms with E-state index in [1.807, 2.05) is 0 Å². The monoisotopic (exact) mass is 225 g/mol. The zero-order chi connectivity index (χ0) is 12.0. The van der Waals surface area contributed by atoms with Crippen LogP contribution in [0.25, 0.3) is 0 Å². The van der Waals surface area contributed by atoms with Crippen molar-refractivity contribution in [3.05, 3.63) is 35.6 Å². The Morgan fingerprint density at radius 3 is 2.62 bits per heavy atom. The predicted molar refractivity (Wildman–Crippen MR) is 59.6 cm³/mol. The van der Waals surface area contributed by atoms with Crippen molar-refractivity contribution in [3.8, 4) is 0 Å². The highest BCUT2D eigenvalue weighted by Gasteiger charge is 2.04. The molecule has 88 valence electrons. The molecule has 0 spiro atoms. The second kappa shape index (κ2) is 6.23. The summed E-state index contributed by atoms with van der Waals surface area (Å²) >= 11 is 0. The van der Waals surface area contributed by atoms with Crippen LogP contribution in [0, 0.1) is 5.82 Å². The molecule has 0 aliphatic carbocycles. The summed E-state index contributed by atoms with van der Waals surface area (Å²) in [5.41, 5.74) is 0.443. The SMILES string of the molecule is CC(O)CCCNC(=O)c1ccc(F)cc1. The minimum Gasteiger partial charge on any atom is -0.393 e. The fourth-order valence-electron chi connectivity index (χ4n) is 1.30. The molecule has 1 atom stereocenters. The minimum atomic E-state index is -0.356. The Morgan fingerprint density at radius 2 is 2.06 bits per heavy atom. The first-order valence-electron chi connectivity index (χ1n) is 5.31. The predicted octanol–water partition coefficient (Wildman–Crippen LogP) is 1.72. The molecule has 0 saturated carbocycles. The molecule has 0 fully saturated rings. The molecule has 1 unspecified atom stereocenters. The van der Waals surface area contributed by atoms with Gasteiger partial charge in [0.1, 0.15) is 5.82 Å². The summed E-state index contributed by atoms with van der Waals surface area (Å²) < 4.78 is 12.6. The van der Waals surface area contributed by atoms with Gasteiger partial charge in [0, 0.05) is 12.1 Å². The summed E-state index contributed by atoms with van der Waals surface area (Å²) in [5.74, 6) is -0.573. The van der Waals surface area contributed by atoms with Gasteiger partial charge in [0.2, 0.25) is 0 Å². The highest BCUT2D eigenvalue weighted by Crippen LogP contribution is 2.02. The van der Waals surface area contributed by atoms with Crippen LogP contribution >= 0.6 is 0 Å². The number of benzene rings is 1. The Morgan fingerprint density at radius 1 is 1.44 bits per heavy atom. The lowest BCUT2D eigenvalue weighted by Crippen LogP contribution is -2.25. The molecule has 1 aromatic carbocycles. The number of nitrogens with one attached hydrogen (secondary N) is 1. The number of aliphatic hydroxyl groups is 1. The average molecular weight is 225 g/mol. The second-order valence-corrected chi connectivity index (χ2v) is 3.75. The smallest absolute Gasteiger partial charge is 0.251 e. The Hall–Kier alpha value is -1.42. The van der Waals surface area contributed by atoms with Crippen molar-refractivity contribution < 1.29 is 14.3 Å². The first-order chi connectivity index (χ1) is 7.59. The summed E-state index contributed by atoms with van der Waals surface area (Å²) in [6.07, 6.45) is 1.04. The van der Waals surface area contributed by atoms with E-state index >= 15 is 0 Å². The first-order valence-corrected chi connectivity index (χ1v) is 5.31. The van der Waals surface area contributed by atoms with Crippen molar-refractivity contribution in [1.29, 1.82) is 0 Å². The number of hydrogen-bond acceptors (Lipinski definition) is 2. The molecule has 16 heavy (non-hydrogen) atoms. The number of hydrogen-bond donors (Lipinski definition) is 2. The molecule has 1 aromatic rings. The van der Waals surface area contributed by atoms with E-state index in [9.17, 15) is 9.18 Å². The van der Waals surface area contributed by atoms with Crippen molar-refractivity contribution in [2.24, 2.45) is 0 Å². The summed E-state index contributed by atoms with van der Waals surface area (Å²) in [5, 5.41) is 11.7. The van der Waals surface area contributed by atoms with Crippen LogP contribution < -0.4 is 5.32 Å². The van der Waals surface area contributed by atoms with Gasteiger partial charge in [0.15, 0.2) is 0 Å². The number of carbonyl (C=O) groups is 1. The Kier molecular flexibility index (Phi) is 4.92. The molecule has 3 nitrogen and oxygen atoms in total. The Bertz CT molecular complexity index is 335. The van der Waals surface area contributed by atoms with Gasteiger partial charge in [-0.1, -0.05) is 0 Å². The van der Waals surface area contributed by atoms with E-state index in [4.69, 9.17) is 5.11 Å². The molecular weight excluding hydrogens is 209 g/mol. The largest absolute Gasteiger partial charge is 0.393 e. The van der Waals surface area contributed by atoms with Crippen LogP contribution in [0.1, 0.15) is 30.1 Å². The van der Waals surface area contributed by atoms with Gasteiger partial charge in [0.25, 0.3) is 5.91 Å². The minimum absolute atomic E-state index is 0.217. The summed E-state index contributed by atoms with van der Waals surface area (Å²) in [4.78, 5) is 11.5. The lowest BCUT2D eigenvalue weighted by atomic mass is 10.2. The molecule has 0 saturated heterocycles. The van der Waals surface area contributed by atoms with E-state index in [1.165, 1.54) is 24.3 Å². The Labute approximate surface area is 94.3 Å². The van der Waals surface area contributed by atoms with Gasteiger partial charge in [-0.15, -0.1) is 0 Å². The van der Waals surface area contributed by atoms with Crippen molar-refractivity contribution >= 4 is 5.91 Å². The topological polar surface area (TPSA) is 49.3 Å². The fraction of sp³-hybridized carbons (Fsp3) is 0.417. The average Bonchev–Trinajstić information content (AvgIpc) is 2.25. The third-order valence-corrected chi connectivity index (χ3v) is 2.19. The molecule has 2 N–H and O–H groups in total. The third-order valence-electron chi connectivity index (χ3n) is 2.19. The van der Waals surface area contributed by atoms with Crippen LogP contribution in [0.5, 0.6) is 0 Å². The van der Waals surface area contributed by atoms with Crippen molar-refractivity contribution in [1.82, 2.24) is 5.32 Å². The van der Waals surface area contributed by atoms with Gasteiger partial charge < -0.3 is 10.4 Å². The van der Waals surface area contributed by atoms with Gasteiger partial charge in [-0.25, -0.2) is 4.39 Å². The molecule has 0 radical (unpaired) electrons. The van der Waals surface area contributed by atoms with Crippen LogP contribution in [0.2, 0.25) is 0 Å². The molecule has 0 aliphatic heterocycles. The Balaban J connectivity index is 2.32. The van der Waals surface area contributed by atoms with E-state index < -0.39 is 0 Å². The number of aliphatic hydroxyl groups excluding tert-OH is 1. The molecule has 0 aliphatic rings. The van der Waals surface area contributed by atoms with Crippen molar-refractivity contribution in [2.75, 3.05) is 6.54 Å². The van der Waals surface area contributed by atoms with E-state index in [-0.39, 0.29) is 17.8 Å². The molecular formula is C12H16FNO2. The maximum atomic E-state index is 12.6. The zero-order valence-corrected chi connectivity index (χ0v) is 9.24. The van der Waals surface area contributed by atoms with Crippen LogP contribution in [0.15, 0.2) is 24.3 Å². The van der Waals surface area contributed by atoms with E-state index in [1.54, 1.807) is 6.92 Å². The third kappa shape index (κ3) is 4.40. The summed E-state index contributed by atoms with van der Waals surface area (Å²) in [6, 6.07) is 5.40. The zero-order valence-electron chi connectivity index (χ0n) is 9.24. The molecule has 1 rings (SSSR count). The molecule has 0 aromatic heterocycles. The first kappa shape index (κ1) is 12.6. The molecule has 1 amide bonds. The number of halogens is 1. The van der Waals surface area contributed by atoms with E-state index in [2.05, 4.69) is 5.32 Å². The van der Waals surface area contributed by atoms with Crippen molar-refractivity contribution in [2.45, 2.75) is 25.9 Å². The lowest BCUT2D eigenvalue weighted by molar-refractivity contribution is 0.0949. The maximum absolute atomic E-state index is 12.6. The normalized spacial score (nSPS) is 12.2. The van der Waals surface area contributed by atoms with Gasteiger partial charge >= 0.3 is 0 Å². The molecule has 0 heterocycles. The van der Waals surface area contributed by atoms with Crippen molar-refractivity contribution in [3.63, 3.8) is 0 Å². The molecule has 4 heteroatoms. The maximum Gasteiger partial charge on any atom is 0.251 e. The quantitative estimate of drug-likeness (QED) is 0.749. The molecule has 0 bridgehead atoms. The van der Waals surface area contributed by atoms with Gasteiger partial charge in [-0.3, -0.25) is 4.79 Å². The van der Waals surface area contributed by atoms with Crippen LogP contribution in [-0.4, -0.2) is 23.7 Å². The number of carbonyl (C=O) groups excluding carboxylic acids is 1. The van der Waals surface area contributed by atoms with Crippen LogP contribution in [0.4, 0.5) is 4.39 Å². The van der Waals surface area contributed by atoms with E-state index in [0.717, 1.165) is 6.42 Å². The summed E-state index contributed by atoms with van der Waals surface area (Å²) in [6.45, 7) is 2.23. The second-order valence-electron chi connectivity index (χ2n) is 3.75. The van der Waals surface area contributed by atoms with E-state index in [0.29, 0.717) is 18.5 Å². The van der Waals surface area contributed by atoms with Crippen LogP contribution in [-0.2, 0) is 0 Å². The van der Waals surface area contributed by atoms with Gasteiger partial charge in [0.05, 0.1) is 6.10 Å². The lowest BCUT2D eigenvalue weighted by Gasteiger charge is -2.06. The van der Waals surface area contributed by atoms with Gasteiger partial charge in [-0.2, -0.15) is 0 Å². The summed E-state index contributed by atoms with van der Waals surface area (Å²) in [7, 11) is 0. The fourth-order valence-corrected chi connectivity index (χ4v) is 1.30. The number of rotatable bonds is 5. The standard InChI is InChI=1S/C12H16FNO2/c1-9(15)3-2-8-14-12(16)10-4-6-11(13)7-5-10/h4-7,9,15H,2-3,8H2,1H3,(H,14,16). The van der Waals surface area contributed by atoms with Gasteiger partial charge in [-0.05, 0) is 44.0 Å². The van der Waals surface area contributed by atoms with Crippen LogP contribution in [0.3, 0.4) is 0 Å². The highest BCUT2D eigenvalue weighted by atomic mass is 19.1.